The summed E-state index contributed by atoms with van der Waals surface area (Å²) in [5.74, 6) is -0.632. The second-order valence-electron chi connectivity index (χ2n) is 6.08. The predicted octanol–water partition coefficient (Wildman–Crippen LogP) is 3.53. The Hall–Kier alpha value is -3.48. The average molecular weight is 364 g/mol. The van der Waals surface area contributed by atoms with Crippen LogP contribution in [0.4, 0.5) is 10.2 Å². The van der Waals surface area contributed by atoms with Crippen molar-refractivity contribution in [2.24, 2.45) is 0 Å². The molecule has 0 aliphatic heterocycles. The van der Waals surface area contributed by atoms with Crippen molar-refractivity contribution < 1.29 is 13.9 Å². The van der Waals surface area contributed by atoms with E-state index in [0.717, 1.165) is 5.56 Å². The van der Waals surface area contributed by atoms with Gasteiger partial charge in [-0.15, -0.1) is 0 Å². The highest BCUT2D eigenvalue weighted by molar-refractivity contribution is 6.08. The van der Waals surface area contributed by atoms with E-state index in [1.165, 1.54) is 12.1 Å². The lowest BCUT2D eigenvalue weighted by molar-refractivity contribution is 0.0529. The van der Waals surface area contributed by atoms with Gasteiger partial charge in [-0.3, -0.25) is 0 Å². The molecule has 0 saturated carbocycles. The molecule has 0 spiro atoms. The number of halogens is 1. The van der Waals surface area contributed by atoms with E-state index in [0.29, 0.717) is 28.7 Å². The third-order valence-electron chi connectivity index (χ3n) is 4.33. The van der Waals surface area contributed by atoms with Gasteiger partial charge in [0.2, 0.25) is 0 Å². The van der Waals surface area contributed by atoms with Crippen LogP contribution in [0, 0.1) is 5.82 Å². The number of benzene rings is 2. The molecule has 7 heteroatoms. The van der Waals surface area contributed by atoms with Gasteiger partial charge in [0, 0.05) is 0 Å². The van der Waals surface area contributed by atoms with Crippen LogP contribution < -0.4 is 5.73 Å². The maximum Gasteiger partial charge on any atom is 0.344 e. The van der Waals surface area contributed by atoms with Crippen LogP contribution in [-0.2, 0) is 11.3 Å². The molecule has 0 bridgehead atoms. The lowest BCUT2D eigenvalue weighted by Gasteiger charge is -2.08. The summed E-state index contributed by atoms with van der Waals surface area (Å²) in [7, 11) is 0. The molecule has 0 aliphatic carbocycles. The zero-order valence-corrected chi connectivity index (χ0v) is 14.6. The Kier molecular flexibility index (Phi) is 4.19. The van der Waals surface area contributed by atoms with Crippen molar-refractivity contribution in [3.8, 4) is 0 Å². The number of nitrogens with two attached hydrogens (primary N) is 1. The number of hydrogen-bond acceptors (Lipinski definition) is 5. The Morgan fingerprint density at radius 1 is 1.11 bits per heavy atom. The Morgan fingerprint density at radius 2 is 1.78 bits per heavy atom. The van der Waals surface area contributed by atoms with Crippen LogP contribution in [0.1, 0.15) is 22.8 Å². The number of carbonyl (C=O) groups excluding carboxylic acids is 1. The standard InChI is InChI=1S/C20H17FN4O2/c1-2-27-20(26)16-17-19(24-15-6-4-3-5-14(15)23-17)25(18(16)22)11-12-7-9-13(21)10-8-12/h3-10H,2,11,22H2,1H3. The van der Waals surface area contributed by atoms with E-state index < -0.39 is 5.97 Å². The molecule has 2 N–H and O–H groups in total. The maximum atomic E-state index is 13.2. The fourth-order valence-corrected chi connectivity index (χ4v) is 3.05. The third kappa shape index (κ3) is 2.97. The van der Waals surface area contributed by atoms with Gasteiger partial charge in [-0.05, 0) is 36.8 Å². The highest BCUT2D eigenvalue weighted by Crippen LogP contribution is 2.29. The Bertz CT molecular complexity index is 1150. The molecule has 0 unspecified atom stereocenters. The van der Waals surface area contributed by atoms with Gasteiger partial charge in [-0.2, -0.15) is 0 Å². The Morgan fingerprint density at radius 3 is 2.44 bits per heavy atom. The van der Waals surface area contributed by atoms with Crippen LogP contribution >= 0.6 is 0 Å². The number of esters is 1. The van der Waals surface area contributed by atoms with Gasteiger partial charge < -0.3 is 15.0 Å². The van der Waals surface area contributed by atoms with Crippen molar-refractivity contribution in [3.63, 3.8) is 0 Å². The number of para-hydroxylation sites is 2. The molecule has 2 aromatic heterocycles. The predicted molar refractivity (Wildman–Crippen MR) is 101 cm³/mol. The molecule has 0 radical (unpaired) electrons. The molecule has 136 valence electrons. The summed E-state index contributed by atoms with van der Waals surface area (Å²) in [6.07, 6.45) is 0. The summed E-state index contributed by atoms with van der Waals surface area (Å²) >= 11 is 0. The Balaban J connectivity index is 1.95. The molecule has 0 aliphatic rings. The molecule has 4 rings (SSSR count). The first kappa shape index (κ1) is 17.0. The van der Waals surface area contributed by atoms with E-state index in [1.807, 2.05) is 24.3 Å². The number of ether oxygens (including phenoxy) is 1. The van der Waals surface area contributed by atoms with E-state index in [4.69, 9.17) is 10.5 Å². The number of nitrogen functional groups attached to an aromatic ring is 1. The maximum absolute atomic E-state index is 13.2. The monoisotopic (exact) mass is 364 g/mol. The van der Waals surface area contributed by atoms with Crippen LogP contribution in [0.25, 0.3) is 22.2 Å². The van der Waals surface area contributed by atoms with Crippen molar-refractivity contribution in [2.45, 2.75) is 13.5 Å². The minimum absolute atomic E-state index is 0.201. The SMILES string of the molecule is CCOC(=O)c1c(N)n(Cc2ccc(F)cc2)c2nc3ccccc3nc12. The second-order valence-corrected chi connectivity index (χ2v) is 6.08. The van der Waals surface area contributed by atoms with Crippen molar-refractivity contribution in [1.29, 1.82) is 0 Å². The molecule has 6 nitrogen and oxygen atoms in total. The largest absolute Gasteiger partial charge is 0.462 e. The number of rotatable bonds is 4. The van der Waals surface area contributed by atoms with Gasteiger partial charge in [0.05, 0.1) is 24.2 Å². The fraction of sp³-hybridized carbons (Fsp3) is 0.150. The van der Waals surface area contributed by atoms with E-state index in [-0.39, 0.29) is 23.8 Å². The van der Waals surface area contributed by atoms with Crippen molar-refractivity contribution in [1.82, 2.24) is 14.5 Å². The molecule has 2 heterocycles. The lowest BCUT2D eigenvalue weighted by atomic mass is 10.2. The summed E-state index contributed by atoms with van der Waals surface area (Å²) in [4.78, 5) is 21.7. The first-order valence-corrected chi connectivity index (χ1v) is 8.54. The fourth-order valence-electron chi connectivity index (χ4n) is 3.05. The van der Waals surface area contributed by atoms with E-state index in [1.54, 1.807) is 23.6 Å². The number of anilines is 1. The number of nitrogens with zero attached hydrogens (tertiary/aromatic N) is 3. The molecule has 0 saturated heterocycles. The smallest absolute Gasteiger partial charge is 0.344 e. The summed E-state index contributed by atoms with van der Waals surface area (Å²) < 4.78 is 20.1. The van der Waals surface area contributed by atoms with Gasteiger partial charge in [0.1, 0.15) is 22.7 Å². The van der Waals surface area contributed by atoms with Gasteiger partial charge in [0.15, 0.2) is 5.65 Å². The van der Waals surface area contributed by atoms with Crippen molar-refractivity contribution >= 4 is 34.0 Å². The second kappa shape index (κ2) is 6.68. The molecule has 0 atom stereocenters. The summed E-state index contributed by atoms with van der Waals surface area (Å²) in [5, 5.41) is 0. The van der Waals surface area contributed by atoms with E-state index in [2.05, 4.69) is 9.97 Å². The molecule has 2 aromatic carbocycles. The zero-order chi connectivity index (χ0) is 19.0. The van der Waals surface area contributed by atoms with Gasteiger partial charge in [0.25, 0.3) is 0 Å². The summed E-state index contributed by atoms with van der Waals surface area (Å²) in [5.41, 5.74) is 9.56. The summed E-state index contributed by atoms with van der Waals surface area (Å²) in [6, 6.07) is 13.5. The molecule has 27 heavy (non-hydrogen) atoms. The molecule has 0 amide bonds. The first-order chi connectivity index (χ1) is 13.1. The molecular formula is C20H17FN4O2. The quantitative estimate of drug-likeness (QED) is 0.560. The third-order valence-corrected chi connectivity index (χ3v) is 4.33. The minimum atomic E-state index is -0.539. The van der Waals surface area contributed by atoms with Crippen molar-refractivity contribution in [2.75, 3.05) is 12.3 Å². The average Bonchev–Trinajstić information content (AvgIpc) is 2.93. The topological polar surface area (TPSA) is 83.0 Å². The van der Waals surface area contributed by atoms with Crippen LogP contribution in [-0.4, -0.2) is 27.1 Å². The number of hydrogen-bond donors (Lipinski definition) is 1. The van der Waals surface area contributed by atoms with Gasteiger partial charge >= 0.3 is 5.97 Å². The molecular weight excluding hydrogens is 347 g/mol. The number of carbonyl (C=O) groups is 1. The molecule has 4 aromatic rings. The molecule has 0 fully saturated rings. The highest BCUT2D eigenvalue weighted by Gasteiger charge is 2.25. The van der Waals surface area contributed by atoms with Crippen LogP contribution in [0.2, 0.25) is 0 Å². The highest BCUT2D eigenvalue weighted by atomic mass is 19.1. The van der Waals surface area contributed by atoms with E-state index in [9.17, 15) is 9.18 Å². The lowest BCUT2D eigenvalue weighted by Crippen LogP contribution is -2.10. The normalized spacial score (nSPS) is 11.2. The van der Waals surface area contributed by atoms with Crippen LogP contribution in [0.3, 0.4) is 0 Å². The first-order valence-electron chi connectivity index (χ1n) is 8.54. The van der Waals surface area contributed by atoms with Crippen LogP contribution in [0.15, 0.2) is 48.5 Å². The number of fused-ring (bicyclic) bond motifs is 2. The van der Waals surface area contributed by atoms with Gasteiger partial charge in [-0.1, -0.05) is 24.3 Å². The zero-order valence-electron chi connectivity index (χ0n) is 14.6. The van der Waals surface area contributed by atoms with Gasteiger partial charge in [-0.25, -0.2) is 19.2 Å². The Labute approximate surface area is 154 Å². The summed E-state index contributed by atoms with van der Waals surface area (Å²) in [6.45, 7) is 2.28. The minimum Gasteiger partial charge on any atom is -0.462 e. The van der Waals surface area contributed by atoms with E-state index >= 15 is 0 Å². The van der Waals surface area contributed by atoms with Crippen molar-refractivity contribution in [3.05, 3.63) is 65.5 Å². The van der Waals surface area contributed by atoms with Crippen LogP contribution in [0.5, 0.6) is 0 Å². The number of aromatic nitrogens is 3.